The normalized spacial score (nSPS) is 17.5. The molecule has 0 radical (unpaired) electrons. The summed E-state index contributed by atoms with van der Waals surface area (Å²) in [6, 6.07) is 21.5. The van der Waals surface area contributed by atoms with Gasteiger partial charge in [0.1, 0.15) is 16.4 Å². The summed E-state index contributed by atoms with van der Waals surface area (Å²) in [6.07, 6.45) is 2.12. The maximum absolute atomic E-state index is 14.5. The number of amides is 2. The molecule has 0 aliphatic heterocycles. The van der Waals surface area contributed by atoms with Crippen LogP contribution in [0.3, 0.4) is 0 Å². The van der Waals surface area contributed by atoms with Gasteiger partial charge in [0.15, 0.2) is 0 Å². The van der Waals surface area contributed by atoms with Crippen molar-refractivity contribution in [3.8, 4) is 22.6 Å². The summed E-state index contributed by atoms with van der Waals surface area (Å²) >= 11 is 8.28. The number of carbonyl (C=O) groups is 2. The number of hydrogen-bond acceptors (Lipinski definition) is 5. The van der Waals surface area contributed by atoms with Crippen molar-refractivity contribution in [1.82, 2.24) is 10.2 Å². The summed E-state index contributed by atoms with van der Waals surface area (Å²) in [5, 5.41) is 13.7. The second-order valence-corrected chi connectivity index (χ2v) is 14.2. The molecule has 4 aromatic rings. The van der Waals surface area contributed by atoms with Crippen molar-refractivity contribution in [2.45, 2.75) is 65.1 Å². The number of carbonyl (C=O) groups excluding carboxylic acids is 1. The average Bonchev–Trinajstić information content (AvgIpc) is 3.38. The van der Waals surface area contributed by atoms with Crippen LogP contribution >= 0.6 is 22.9 Å². The van der Waals surface area contributed by atoms with Crippen LogP contribution in [-0.2, 0) is 6.54 Å². The van der Waals surface area contributed by atoms with Crippen molar-refractivity contribution in [3.63, 3.8) is 0 Å². The number of nitrogens with one attached hydrogen (secondary N) is 1. The van der Waals surface area contributed by atoms with Crippen LogP contribution in [0.1, 0.15) is 61.7 Å². The molecular formula is C36H41ClN2O5S. The summed E-state index contributed by atoms with van der Waals surface area (Å²) in [5.41, 5.74) is 2.71. The van der Waals surface area contributed by atoms with Gasteiger partial charge in [-0.05, 0) is 78.5 Å². The first-order chi connectivity index (χ1) is 21.5. The van der Waals surface area contributed by atoms with Crippen LogP contribution in [-0.4, -0.2) is 48.3 Å². The van der Waals surface area contributed by atoms with Crippen LogP contribution in [0.4, 0.5) is 4.79 Å². The molecule has 5 rings (SSSR count). The van der Waals surface area contributed by atoms with Crippen molar-refractivity contribution < 1.29 is 24.2 Å². The molecule has 1 saturated carbocycles. The zero-order chi connectivity index (χ0) is 32.3. The zero-order valence-corrected chi connectivity index (χ0v) is 28.0. The Bertz CT molecular complexity index is 1650. The third kappa shape index (κ3) is 7.23. The van der Waals surface area contributed by atoms with Gasteiger partial charge in [-0.3, -0.25) is 4.79 Å². The summed E-state index contributed by atoms with van der Waals surface area (Å²) in [5.74, 6) is 1.57. The Labute approximate surface area is 274 Å². The first kappa shape index (κ1) is 32.6. The molecule has 1 unspecified atom stereocenters. The largest absolute Gasteiger partial charge is 0.497 e. The molecule has 1 aliphatic carbocycles. The molecule has 3 aromatic carbocycles. The topological polar surface area (TPSA) is 88.1 Å². The first-order valence-electron chi connectivity index (χ1n) is 15.3. The lowest BCUT2D eigenvalue weighted by atomic mass is 9.72. The fraction of sp³-hybridized carbons (Fsp3) is 0.389. The van der Waals surface area contributed by atoms with E-state index in [2.05, 4.69) is 32.2 Å². The Morgan fingerprint density at radius 1 is 0.978 bits per heavy atom. The molecule has 1 fully saturated rings. The molecule has 9 heteroatoms. The van der Waals surface area contributed by atoms with Crippen molar-refractivity contribution in [3.05, 3.63) is 82.2 Å². The standard InChI is InChI=1S/C36H41ClN2O5S/c1-36(2,3)33(38-35(41)42)23-10-15-26(16-11-23)39(34(40)32-31(37)28-8-6-7-9-30(28)45-32)21-25-20-24(14-19-29(25)44-5)22-12-17-27(43-4)18-13-22/h6-9,12-14,17-20,23,26,33,38H,10-11,15-16,21H2,1-5H3,(H,41,42). The van der Waals surface area contributed by atoms with Gasteiger partial charge in [-0.2, -0.15) is 0 Å². The number of halogens is 1. The van der Waals surface area contributed by atoms with Gasteiger partial charge in [0.2, 0.25) is 0 Å². The number of hydrogen-bond donors (Lipinski definition) is 2. The highest BCUT2D eigenvalue weighted by molar-refractivity contribution is 7.21. The van der Waals surface area contributed by atoms with Gasteiger partial charge in [0, 0.05) is 34.3 Å². The molecule has 2 N–H and O–H groups in total. The van der Waals surface area contributed by atoms with E-state index >= 15 is 0 Å². The van der Waals surface area contributed by atoms with E-state index in [-0.39, 0.29) is 29.3 Å². The second kappa shape index (κ2) is 13.7. The van der Waals surface area contributed by atoms with E-state index in [1.165, 1.54) is 11.3 Å². The highest BCUT2D eigenvalue weighted by Gasteiger charge is 2.38. The van der Waals surface area contributed by atoms with E-state index in [0.29, 0.717) is 22.2 Å². The van der Waals surface area contributed by atoms with Gasteiger partial charge in [0.05, 0.1) is 19.2 Å². The SMILES string of the molecule is COc1ccc(-c2ccc(OC)c(CN(C(=O)c3sc4ccccc4c3Cl)C3CCC(C(NC(=O)O)C(C)(C)C)CC3)c2)cc1. The highest BCUT2D eigenvalue weighted by atomic mass is 35.5. The van der Waals surface area contributed by atoms with E-state index in [1.54, 1.807) is 14.2 Å². The summed E-state index contributed by atoms with van der Waals surface area (Å²) < 4.78 is 12.1. The van der Waals surface area contributed by atoms with Crippen molar-refractivity contribution >= 4 is 45.0 Å². The number of nitrogens with zero attached hydrogens (tertiary/aromatic N) is 1. The lowest BCUT2D eigenvalue weighted by Gasteiger charge is -2.43. The molecule has 1 heterocycles. The molecule has 45 heavy (non-hydrogen) atoms. The van der Waals surface area contributed by atoms with E-state index in [1.807, 2.05) is 65.6 Å². The summed E-state index contributed by atoms with van der Waals surface area (Å²) in [7, 11) is 3.29. The number of methoxy groups -OCH3 is 2. The number of ether oxygens (including phenoxy) is 2. The van der Waals surface area contributed by atoms with Gasteiger partial charge in [-0.25, -0.2) is 4.79 Å². The number of fused-ring (bicyclic) bond motifs is 1. The minimum absolute atomic E-state index is 0.0465. The maximum Gasteiger partial charge on any atom is 0.404 e. The summed E-state index contributed by atoms with van der Waals surface area (Å²) in [6.45, 7) is 6.56. The van der Waals surface area contributed by atoms with E-state index < -0.39 is 6.09 Å². The predicted octanol–water partition coefficient (Wildman–Crippen LogP) is 9.12. The highest BCUT2D eigenvalue weighted by Crippen LogP contribution is 2.41. The third-order valence-corrected chi connectivity index (χ3v) is 10.6. The average molecular weight is 649 g/mol. The maximum atomic E-state index is 14.5. The zero-order valence-electron chi connectivity index (χ0n) is 26.4. The van der Waals surface area contributed by atoms with Gasteiger partial charge >= 0.3 is 6.09 Å². The Morgan fingerprint density at radius 2 is 1.64 bits per heavy atom. The minimum Gasteiger partial charge on any atom is -0.497 e. The van der Waals surface area contributed by atoms with Crippen molar-refractivity contribution in [1.29, 1.82) is 0 Å². The van der Waals surface area contributed by atoms with Crippen LogP contribution in [0.5, 0.6) is 11.5 Å². The Kier molecular flexibility index (Phi) is 9.94. The fourth-order valence-corrected chi connectivity index (χ4v) is 8.09. The smallest absolute Gasteiger partial charge is 0.404 e. The van der Waals surface area contributed by atoms with Gasteiger partial charge in [-0.15, -0.1) is 11.3 Å². The number of rotatable bonds is 9. The third-order valence-electron chi connectivity index (χ3n) is 8.90. The van der Waals surface area contributed by atoms with Gasteiger partial charge in [0.25, 0.3) is 5.91 Å². The lowest BCUT2D eigenvalue weighted by molar-refractivity contribution is 0.0543. The lowest BCUT2D eigenvalue weighted by Crippen LogP contribution is -2.50. The quantitative estimate of drug-likeness (QED) is 0.189. The Hall–Kier alpha value is -3.75. The van der Waals surface area contributed by atoms with Gasteiger partial charge in [-0.1, -0.05) is 68.8 Å². The first-order valence-corrected chi connectivity index (χ1v) is 16.5. The fourth-order valence-electron chi connectivity index (χ4n) is 6.62. The van der Waals surface area contributed by atoms with E-state index in [9.17, 15) is 14.7 Å². The van der Waals surface area contributed by atoms with E-state index in [4.69, 9.17) is 21.1 Å². The van der Waals surface area contributed by atoms with Crippen LogP contribution < -0.4 is 14.8 Å². The minimum atomic E-state index is -1.00. The number of carboxylic acid groups (broad SMARTS) is 1. The Balaban J connectivity index is 1.49. The second-order valence-electron chi connectivity index (χ2n) is 12.8. The molecule has 1 aliphatic rings. The molecule has 7 nitrogen and oxygen atoms in total. The summed E-state index contributed by atoms with van der Waals surface area (Å²) in [4.78, 5) is 28.6. The Morgan fingerprint density at radius 3 is 2.24 bits per heavy atom. The molecular weight excluding hydrogens is 608 g/mol. The van der Waals surface area contributed by atoms with Crippen LogP contribution in [0.15, 0.2) is 66.7 Å². The molecule has 238 valence electrons. The molecule has 0 saturated heterocycles. The van der Waals surface area contributed by atoms with Crippen LogP contribution in [0.2, 0.25) is 5.02 Å². The number of benzene rings is 3. The molecule has 0 bridgehead atoms. The van der Waals surface area contributed by atoms with Gasteiger partial charge < -0.3 is 24.8 Å². The molecule has 2 amide bonds. The molecule has 1 aromatic heterocycles. The molecule has 0 spiro atoms. The van der Waals surface area contributed by atoms with Crippen LogP contribution in [0.25, 0.3) is 21.2 Å². The van der Waals surface area contributed by atoms with Crippen LogP contribution in [0, 0.1) is 11.3 Å². The van der Waals surface area contributed by atoms with E-state index in [0.717, 1.165) is 58.2 Å². The van der Waals surface area contributed by atoms with Crippen molar-refractivity contribution in [2.75, 3.05) is 14.2 Å². The molecule has 1 atom stereocenters. The number of thiophene rings is 1. The monoisotopic (exact) mass is 648 g/mol. The van der Waals surface area contributed by atoms with Crippen molar-refractivity contribution in [2.24, 2.45) is 11.3 Å². The predicted molar refractivity (Wildman–Crippen MR) is 182 cm³/mol.